The molecule has 0 aliphatic heterocycles. The summed E-state index contributed by atoms with van der Waals surface area (Å²) < 4.78 is 51.3. The molecule has 0 aliphatic carbocycles. The molecule has 9 nitrogen and oxygen atoms in total. The van der Waals surface area contributed by atoms with Gasteiger partial charge >= 0.3 is 5.97 Å². The fourth-order valence-corrected chi connectivity index (χ4v) is 3.93. The van der Waals surface area contributed by atoms with Crippen molar-refractivity contribution in [3.05, 3.63) is 41.9 Å². The van der Waals surface area contributed by atoms with Gasteiger partial charge < -0.3 is 14.6 Å². The molecular formula is C19H24FN3O6S. The van der Waals surface area contributed by atoms with Crippen LogP contribution in [0.3, 0.4) is 0 Å². The molecule has 0 aliphatic rings. The summed E-state index contributed by atoms with van der Waals surface area (Å²) in [7, 11) is -4.34. The van der Waals surface area contributed by atoms with Crippen molar-refractivity contribution in [1.82, 2.24) is 9.88 Å². The molecule has 0 fully saturated rings. The predicted molar refractivity (Wildman–Crippen MR) is 105 cm³/mol. The molecule has 2 aromatic rings. The number of hydrogen-bond donors (Lipinski definition) is 2. The maximum absolute atomic E-state index is 13.9. The number of nitrogens with one attached hydrogen (secondary N) is 2. The Morgan fingerprint density at radius 2 is 1.93 bits per heavy atom. The Bertz CT molecular complexity index is 1010. The van der Waals surface area contributed by atoms with Gasteiger partial charge in [-0.25, -0.2) is 12.8 Å². The number of hydrogen-bond acceptors (Lipinski definition) is 7. The zero-order valence-corrected chi connectivity index (χ0v) is 17.8. The molecule has 11 heteroatoms. The van der Waals surface area contributed by atoms with E-state index in [0.29, 0.717) is 5.76 Å². The van der Waals surface area contributed by atoms with Crippen molar-refractivity contribution in [2.45, 2.75) is 51.2 Å². The Kier molecular flexibility index (Phi) is 7.68. The van der Waals surface area contributed by atoms with Gasteiger partial charge in [0.2, 0.25) is 10.0 Å². The molecule has 0 spiro atoms. The molecule has 0 bridgehead atoms. The zero-order chi connectivity index (χ0) is 22.5. The van der Waals surface area contributed by atoms with Crippen molar-refractivity contribution < 1.29 is 31.7 Å². The third-order valence-electron chi connectivity index (χ3n) is 4.13. The number of amides is 1. The van der Waals surface area contributed by atoms with E-state index >= 15 is 0 Å². The summed E-state index contributed by atoms with van der Waals surface area (Å²) in [4.78, 5) is 24.4. The van der Waals surface area contributed by atoms with Crippen LogP contribution in [0.4, 0.5) is 10.2 Å². The Labute approximate surface area is 174 Å². The van der Waals surface area contributed by atoms with Crippen LogP contribution in [0.25, 0.3) is 0 Å². The second-order valence-electron chi connectivity index (χ2n) is 6.92. The second-order valence-corrected chi connectivity index (χ2v) is 8.60. The molecule has 2 atom stereocenters. The molecule has 0 radical (unpaired) electrons. The fraction of sp³-hybridized carbons (Fsp3) is 0.421. The molecule has 1 aromatic carbocycles. The first-order chi connectivity index (χ1) is 14.0. The van der Waals surface area contributed by atoms with Gasteiger partial charge in [0.1, 0.15) is 22.5 Å². The van der Waals surface area contributed by atoms with E-state index in [-0.39, 0.29) is 12.2 Å². The highest BCUT2D eigenvalue weighted by Gasteiger charge is 2.33. The van der Waals surface area contributed by atoms with E-state index in [2.05, 4.69) is 15.2 Å². The lowest BCUT2D eigenvalue weighted by Crippen LogP contribution is -2.47. The van der Waals surface area contributed by atoms with Crippen LogP contribution in [0.15, 0.2) is 39.8 Å². The van der Waals surface area contributed by atoms with Gasteiger partial charge in [-0.15, -0.1) is 0 Å². The number of halogens is 1. The van der Waals surface area contributed by atoms with Crippen molar-refractivity contribution in [3.63, 3.8) is 0 Å². The van der Waals surface area contributed by atoms with Gasteiger partial charge in [0, 0.05) is 6.07 Å². The summed E-state index contributed by atoms with van der Waals surface area (Å²) >= 11 is 0. The minimum absolute atomic E-state index is 0.138. The van der Waals surface area contributed by atoms with Crippen LogP contribution in [0.5, 0.6) is 0 Å². The first-order valence-electron chi connectivity index (χ1n) is 9.26. The summed E-state index contributed by atoms with van der Waals surface area (Å²) in [6, 6.07) is 4.97. The van der Waals surface area contributed by atoms with E-state index < -0.39 is 50.7 Å². The van der Waals surface area contributed by atoms with E-state index in [1.807, 2.05) is 0 Å². The average molecular weight is 441 g/mol. The number of benzene rings is 1. The van der Waals surface area contributed by atoms with Gasteiger partial charge in [-0.2, -0.15) is 4.72 Å². The quantitative estimate of drug-likeness (QED) is 0.572. The molecule has 1 heterocycles. The molecule has 0 saturated heterocycles. The number of esters is 1. The van der Waals surface area contributed by atoms with E-state index in [4.69, 9.17) is 9.26 Å². The van der Waals surface area contributed by atoms with Crippen molar-refractivity contribution >= 4 is 27.7 Å². The molecule has 1 unspecified atom stereocenters. The Hall–Kier alpha value is -2.79. The van der Waals surface area contributed by atoms with Crippen LogP contribution < -0.4 is 10.0 Å². The van der Waals surface area contributed by atoms with Crippen molar-refractivity contribution in [3.8, 4) is 0 Å². The largest absolute Gasteiger partial charge is 0.451 e. The number of ether oxygens (including phenoxy) is 1. The SMILES string of the molecule is CCC(OC(=O)[C@@H](NS(=O)(=O)c1ccccc1F)C(C)C)C(=O)Nc1cc(C)on1. The molecule has 0 saturated carbocycles. The number of carbonyl (C=O) groups is 2. The van der Waals surface area contributed by atoms with Gasteiger partial charge in [-0.1, -0.05) is 38.1 Å². The highest BCUT2D eigenvalue weighted by molar-refractivity contribution is 7.89. The van der Waals surface area contributed by atoms with Gasteiger partial charge in [0.05, 0.1) is 0 Å². The van der Waals surface area contributed by atoms with E-state index in [9.17, 15) is 22.4 Å². The Morgan fingerprint density at radius 1 is 1.27 bits per heavy atom. The number of aryl methyl sites for hydroxylation is 1. The van der Waals surface area contributed by atoms with E-state index in [1.54, 1.807) is 27.7 Å². The summed E-state index contributed by atoms with van der Waals surface area (Å²) in [5.74, 6) is -2.43. The molecule has 1 aromatic heterocycles. The fourth-order valence-electron chi connectivity index (χ4n) is 2.52. The molecule has 30 heavy (non-hydrogen) atoms. The standard InChI is InChI=1S/C19H24FN3O6S/c1-5-14(18(24)21-16-10-12(4)29-22-16)28-19(25)17(11(2)3)23-30(26,27)15-9-7-6-8-13(15)20/h6-11,14,17,23H,5H2,1-4H3,(H,21,22,24)/t14?,17-/m0/s1. The maximum atomic E-state index is 13.9. The minimum atomic E-state index is -4.34. The Morgan fingerprint density at radius 3 is 2.47 bits per heavy atom. The highest BCUT2D eigenvalue weighted by Crippen LogP contribution is 2.17. The maximum Gasteiger partial charge on any atom is 0.325 e. The van der Waals surface area contributed by atoms with Crippen LogP contribution in [0.1, 0.15) is 33.0 Å². The Balaban J connectivity index is 2.13. The lowest BCUT2D eigenvalue weighted by atomic mass is 10.1. The molecule has 1 amide bonds. The van der Waals surface area contributed by atoms with Gasteiger partial charge in [-0.3, -0.25) is 9.59 Å². The summed E-state index contributed by atoms with van der Waals surface area (Å²) in [5, 5.41) is 6.09. The van der Waals surface area contributed by atoms with Gasteiger partial charge in [-0.05, 0) is 31.4 Å². The first-order valence-corrected chi connectivity index (χ1v) is 10.7. The monoisotopic (exact) mass is 441 g/mol. The average Bonchev–Trinajstić information content (AvgIpc) is 3.08. The van der Waals surface area contributed by atoms with E-state index in [1.165, 1.54) is 18.2 Å². The smallest absolute Gasteiger partial charge is 0.325 e. The molecule has 2 N–H and O–H groups in total. The van der Waals surface area contributed by atoms with Crippen molar-refractivity contribution in [2.24, 2.45) is 5.92 Å². The predicted octanol–water partition coefficient (Wildman–Crippen LogP) is 2.39. The van der Waals surface area contributed by atoms with Gasteiger partial charge in [0.15, 0.2) is 11.9 Å². The topological polar surface area (TPSA) is 128 Å². The normalized spacial score (nSPS) is 13.7. The molecular weight excluding hydrogens is 417 g/mol. The van der Waals surface area contributed by atoms with Crippen molar-refractivity contribution in [2.75, 3.05) is 5.32 Å². The van der Waals surface area contributed by atoms with Crippen LogP contribution in [0, 0.1) is 18.7 Å². The van der Waals surface area contributed by atoms with Crippen LogP contribution in [-0.2, 0) is 24.3 Å². The second kappa shape index (κ2) is 9.81. The molecule has 2 rings (SSSR count). The number of sulfonamides is 1. The third kappa shape index (κ3) is 5.86. The van der Waals surface area contributed by atoms with Crippen LogP contribution in [0.2, 0.25) is 0 Å². The number of rotatable bonds is 9. The third-order valence-corrected chi connectivity index (χ3v) is 5.60. The lowest BCUT2D eigenvalue weighted by Gasteiger charge is -2.23. The number of carbonyl (C=O) groups excluding carboxylic acids is 2. The highest BCUT2D eigenvalue weighted by atomic mass is 32.2. The minimum Gasteiger partial charge on any atom is -0.451 e. The van der Waals surface area contributed by atoms with Gasteiger partial charge in [0.25, 0.3) is 5.91 Å². The van der Waals surface area contributed by atoms with Crippen LogP contribution in [-0.4, -0.2) is 37.6 Å². The summed E-state index contributed by atoms with van der Waals surface area (Å²) in [5.41, 5.74) is 0. The number of anilines is 1. The summed E-state index contributed by atoms with van der Waals surface area (Å²) in [6.45, 7) is 6.46. The van der Waals surface area contributed by atoms with E-state index in [0.717, 1.165) is 12.1 Å². The number of aromatic nitrogens is 1. The lowest BCUT2D eigenvalue weighted by molar-refractivity contribution is -0.157. The summed E-state index contributed by atoms with van der Waals surface area (Å²) in [6.07, 6.45) is -1.05. The first kappa shape index (κ1) is 23.5. The van der Waals surface area contributed by atoms with Crippen LogP contribution >= 0.6 is 0 Å². The zero-order valence-electron chi connectivity index (χ0n) is 17.0. The molecule has 164 valence electrons. The van der Waals surface area contributed by atoms with Crippen molar-refractivity contribution in [1.29, 1.82) is 0 Å². The number of nitrogens with zero attached hydrogens (tertiary/aromatic N) is 1.